The fourth-order valence-corrected chi connectivity index (χ4v) is 2.64. The smallest absolute Gasteiger partial charge is 0.341 e. The third kappa shape index (κ3) is 2.02. The van der Waals surface area contributed by atoms with Gasteiger partial charge in [-0.25, -0.2) is 9.18 Å². The molecule has 0 aliphatic heterocycles. The fourth-order valence-electron chi connectivity index (χ4n) is 2.14. The lowest BCUT2D eigenvalue weighted by Crippen LogP contribution is -2.19. The Morgan fingerprint density at radius 2 is 2.05 bits per heavy atom. The highest BCUT2D eigenvalue weighted by Crippen LogP contribution is 2.34. The van der Waals surface area contributed by atoms with Gasteiger partial charge in [-0.2, -0.15) is 0 Å². The summed E-state index contributed by atoms with van der Waals surface area (Å²) in [6, 6.07) is 1.02. The first-order chi connectivity index (χ1) is 9.25. The van der Waals surface area contributed by atoms with E-state index in [1.54, 1.807) is 21.1 Å². The molecule has 1 heterocycles. The second-order valence-corrected chi connectivity index (χ2v) is 4.98. The number of rotatable bonds is 2. The zero-order valence-electron chi connectivity index (χ0n) is 11.1. The number of hydrogen-bond donors (Lipinski definition) is 1. The minimum atomic E-state index is -1.36. The predicted octanol–water partition coefficient (Wildman–Crippen LogP) is 2.10. The van der Waals surface area contributed by atoms with E-state index in [9.17, 15) is 14.0 Å². The van der Waals surface area contributed by atoms with Crippen LogP contribution in [0, 0.1) is 5.82 Å². The van der Waals surface area contributed by atoms with Crippen LogP contribution in [0.3, 0.4) is 0 Å². The molecule has 2 rings (SSSR count). The van der Waals surface area contributed by atoms with Gasteiger partial charge < -0.3 is 14.6 Å². The molecule has 0 fully saturated rings. The van der Waals surface area contributed by atoms with Crippen molar-refractivity contribution < 1.29 is 14.3 Å². The molecule has 0 saturated carbocycles. The molecular weight excluding hydrogens is 287 g/mol. The molecule has 0 spiro atoms. The maximum absolute atomic E-state index is 14.1. The summed E-state index contributed by atoms with van der Waals surface area (Å²) in [5.41, 5.74) is -0.728. The van der Waals surface area contributed by atoms with Crippen LogP contribution in [-0.2, 0) is 7.05 Å². The van der Waals surface area contributed by atoms with Gasteiger partial charge in [-0.15, -0.1) is 0 Å². The van der Waals surface area contributed by atoms with Gasteiger partial charge in [0.2, 0.25) is 5.43 Å². The number of fused-ring (bicyclic) bond motifs is 1. The van der Waals surface area contributed by atoms with Crippen LogP contribution < -0.4 is 10.3 Å². The van der Waals surface area contributed by atoms with Gasteiger partial charge in [0.1, 0.15) is 11.4 Å². The van der Waals surface area contributed by atoms with Crippen molar-refractivity contribution in [1.82, 2.24) is 4.57 Å². The molecular formula is C13H12ClFN2O3. The molecule has 7 heteroatoms. The number of aromatic nitrogens is 1. The molecule has 0 atom stereocenters. The summed E-state index contributed by atoms with van der Waals surface area (Å²) < 4.78 is 15.5. The van der Waals surface area contributed by atoms with Crippen LogP contribution in [0.4, 0.5) is 10.1 Å². The van der Waals surface area contributed by atoms with Crippen molar-refractivity contribution in [1.29, 1.82) is 0 Å². The van der Waals surface area contributed by atoms with Crippen molar-refractivity contribution in [3.8, 4) is 0 Å². The van der Waals surface area contributed by atoms with E-state index in [1.807, 2.05) is 0 Å². The van der Waals surface area contributed by atoms with Crippen LogP contribution in [-0.4, -0.2) is 29.7 Å². The van der Waals surface area contributed by atoms with Gasteiger partial charge in [0.15, 0.2) is 0 Å². The summed E-state index contributed by atoms with van der Waals surface area (Å²) >= 11 is 6.16. The van der Waals surface area contributed by atoms with Crippen LogP contribution in [0.15, 0.2) is 17.1 Å². The number of carboxylic acid groups (broad SMARTS) is 1. The lowest BCUT2D eigenvalue weighted by atomic mass is 10.1. The van der Waals surface area contributed by atoms with Crippen LogP contribution in [0.2, 0.25) is 5.02 Å². The molecule has 0 aliphatic rings. The molecule has 0 radical (unpaired) electrons. The molecule has 1 aromatic carbocycles. The Hall–Kier alpha value is -2.08. The lowest BCUT2D eigenvalue weighted by Gasteiger charge is -2.18. The predicted molar refractivity (Wildman–Crippen MR) is 75.4 cm³/mol. The van der Waals surface area contributed by atoms with Crippen LogP contribution in [0.1, 0.15) is 10.4 Å². The van der Waals surface area contributed by atoms with E-state index in [4.69, 9.17) is 16.7 Å². The molecule has 1 aromatic heterocycles. The molecule has 0 saturated heterocycles. The number of pyridine rings is 1. The zero-order chi connectivity index (χ0) is 15.2. The molecule has 0 aliphatic carbocycles. The summed E-state index contributed by atoms with van der Waals surface area (Å²) in [7, 11) is 4.80. The standard InChI is InChI=1S/C13H12ClFN2O3/c1-16(2)11-8(15)4-6-10(9(11)14)17(3)5-7(12(6)18)13(19)20/h4-5H,1-3H3,(H,19,20). The highest BCUT2D eigenvalue weighted by atomic mass is 35.5. The summed E-state index contributed by atoms with van der Waals surface area (Å²) in [5.74, 6) is -2.03. The molecule has 0 bridgehead atoms. The Morgan fingerprint density at radius 3 is 2.55 bits per heavy atom. The van der Waals surface area contributed by atoms with E-state index < -0.39 is 22.8 Å². The highest BCUT2D eigenvalue weighted by molar-refractivity contribution is 6.38. The quantitative estimate of drug-likeness (QED) is 0.922. The average Bonchev–Trinajstić information content (AvgIpc) is 2.32. The Labute approximate surface area is 118 Å². The van der Waals surface area contributed by atoms with Crippen LogP contribution in [0.25, 0.3) is 10.9 Å². The van der Waals surface area contributed by atoms with E-state index in [-0.39, 0.29) is 16.1 Å². The number of hydrogen-bond acceptors (Lipinski definition) is 3. The molecule has 2 aromatic rings. The number of halogens is 2. The number of aromatic carboxylic acids is 1. The maximum atomic E-state index is 14.1. The first kappa shape index (κ1) is 14.3. The highest BCUT2D eigenvalue weighted by Gasteiger charge is 2.20. The van der Waals surface area contributed by atoms with Gasteiger partial charge in [0.25, 0.3) is 0 Å². The van der Waals surface area contributed by atoms with Crippen LogP contribution in [0.5, 0.6) is 0 Å². The Bertz CT molecular complexity index is 784. The van der Waals surface area contributed by atoms with Crippen LogP contribution >= 0.6 is 11.6 Å². The Balaban J connectivity index is 3.03. The minimum absolute atomic E-state index is 0.0551. The van der Waals surface area contributed by atoms with Gasteiger partial charge in [-0.05, 0) is 6.07 Å². The maximum Gasteiger partial charge on any atom is 0.341 e. The number of benzene rings is 1. The first-order valence-corrected chi connectivity index (χ1v) is 6.05. The number of carboxylic acids is 1. The van der Waals surface area contributed by atoms with Gasteiger partial charge in [-0.1, -0.05) is 11.6 Å². The summed E-state index contributed by atoms with van der Waals surface area (Å²) in [6.45, 7) is 0. The summed E-state index contributed by atoms with van der Waals surface area (Å²) in [6.07, 6.45) is 1.18. The molecule has 5 nitrogen and oxygen atoms in total. The number of carbonyl (C=O) groups is 1. The number of nitrogens with zero attached hydrogens (tertiary/aromatic N) is 2. The van der Waals surface area contributed by atoms with E-state index >= 15 is 0 Å². The Kier molecular flexibility index (Phi) is 3.43. The van der Waals surface area contributed by atoms with Crippen molar-refractivity contribution in [2.45, 2.75) is 0 Å². The third-order valence-corrected chi connectivity index (χ3v) is 3.37. The molecule has 106 valence electrons. The summed E-state index contributed by atoms with van der Waals surface area (Å²) in [4.78, 5) is 24.6. The second kappa shape index (κ2) is 4.79. The molecule has 1 N–H and O–H groups in total. The number of aryl methyl sites for hydroxylation is 1. The third-order valence-electron chi connectivity index (χ3n) is 3.01. The topological polar surface area (TPSA) is 62.5 Å². The van der Waals surface area contributed by atoms with Gasteiger partial charge in [-0.3, -0.25) is 4.79 Å². The monoisotopic (exact) mass is 298 g/mol. The van der Waals surface area contributed by atoms with E-state index in [2.05, 4.69) is 0 Å². The average molecular weight is 299 g/mol. The van der Waals surface area contributed by atoms with E-state index in [1.165, 1.54) is 15.7 Å². The van der Waals surface area contributed by atoms with Crippen molar-refractivity contribution in [3.05, 3.63) is 38.9 Å². The van der Waals surface area contributed by atoms with Gasteiger partial charge in [0, 0.05) is 27.3 Å². The zero-order valence-corrected chi connectivity index (χ0v) is 11.8. The normalized spacial score (nSPS) is 10.8. The van der Waals surface area contributed by atoms with Crippen molar-refractivity contribution in [2.75, 3.05) is 19.0 Å². The van der Waals surface area contributed by atoms with Gasteiger partial charge in [0.05, 0.1) is 21.6 Å². The molecule has 0 unspecified atom stereocenters. The van der Waals surface area contributed by atoms with E-state index in [0.29, 0.717) is 5.52 Å². The molecule has 0 amide bonds. The molecule has 20 heavy (non-hydrogen) atoms. The van der Waals surface area contributed by atoms with E-state index in [0.717, 1.165) is 6.07 Å². The second-order valence-electron chi connectivity index (χ2n) is 4.60. The fraction of sp³-hybridized carbons (Fsp3) is 0.231. The Morgan fingerprint density at radius 1 is 1.45 bits per heavy atom. The van der Waals surface area contributed by atoms with Crippen molar-refractivity contribution in [2.24, 2.45) is 7.05 Å². The first-order valence-electron chi connectivity index (χ1n) is 5.67. The summed E-state index contributed by atoms with van der Waals surface area (Å²) in [5, 5.41) is 9.00. The van der Waals surface area contributed by atoms with Crippen molar-refractivity contribution >= 4 is 34.2 Å². The van der Waals surface area contributed by atoms with Gasteiger partial charge >= 0.3 is 5.97 Å². The number of anilines is 1. The largest absolute Gasteiger partial charge is 0.477 e. The minimum Gasteiger partial charge on any atom is -0.477 e. The lowest BCUT2D eigenvalue weighted by molar-refractivity contribution is 0.0695. The SMILES string of the molecule is CN(C)c1c(F)cc2c(=O)c(C(=O)O)cn(C)c2c1Cl. The van der Waals surface area contributed by atoms with Crippen molar-refractivity contribution in [3.63, 3.8) is 0 Å².